The predicted molar refractivity (Wildman–Crippen MR) is 90.8 cm³/mol. The molecule has 0 aliphatic carbocycles. The van der Waals surface area contributed by atoms with Crippen LogP contribution >= 0.6 is 11.3 Å². The molecule has 22 heavy (non-hydrogen) atoms. The molecule has 0 atom stereocenters. The van der Waals surface area contributed by atoms with Gasteiger partial charge in [-0.2, -0.15) is 0 Å². The summed E-state index contributed by atoms with van der Waals surface area (Å²) in [6.45, 7) is 6.29. The number of carbonyl (C=O) groups is 1. The molecular weight excluding hydrogens is 296 g/mol. The Kier molecular flexibility index (Phi) is 5.11. The van der Waals surface area contributed by atoms with Crippen LogP contribution < -0.4 is 5.32 Å². The number of amides is 1. The molecule has 2 aromatic rings. The average Bonchev–Trinajstić information content (AvgIpc) is 2.94. The van der Waals surface area contributed by atoms with E-state index < -0.39 is 0 Å². The van der Waals surface area contributed by atoms with Crippen LogP contribution in [0.1, 0.15) is 36.2 Å². The summed E-state index contributed by atoms with van der Waals surface area (Å²) in [5.74, 6) is -0.208. The molecule has 4 nitrogen and oxygen atoms in total. The summed E-state index contributed by atoms with van der Waals surface area (Å²) in [6.07, 6.45) is 5.03. The number of rotatable bonds is 4. The van der Waals surface area contributed by atoms with Gasteiger partial charge in [0.1, 0.15) is 0 Å². The lowest BCUT2D eigenvalue weighted by Gasteiger charge is -2.13. The van der Waals surface area contributed by atoms with Crippen LogP contribution in [0.15, 0.2) is 36.5 Å². The van der Waals surface area contributed by atoms with Gasteiger partial charge in [0.05, 0.1) is 11.6 Å². The van der Waals surface area contributed by atoms with Gasteiger partial charge >= 0.3 is 0 Å². The topological polar surface area (TPSA) is 62.2 Å². The number of aliphatic hydroxyl groups is 1. The summed E-state index contributed by atoms with van der Waals surface area (Å²) in [5, 5.41) is 12.9. The third-order valence-electron chi connectivity index (χ3n) is 2.94. The number of carbonyl (C=O) groups excluding carboxylic acids is 1. The molecule has 116 valence electrons. The van der Waals surface area contributed by atoms with Crippen LogP contribution in [0.25, 0.3) is 6.08 Å². The summed E-state index contributed by atoms with van der Waals surface area (Å²) in [4.78, 5) is 17.2. The first kappa shape index (κ1) is 16.4. The van der Waals surface area contributed by atoms with Crippen LogP contribution in [0.3, 0.4) is 0 Å². The Bertz CT molecular complexity index is 684. The third-order valence-corrected chi connectivity index (χ3v) is 4.33. The van der Waals surface area contributed by atoms with Gasteiger partial charge in [0.15, 0.2) is 0 Å². The van der Waals surface area contributed by atoms with Crippen molar-refractivity contribution in [1.29, 1.82) is 0 Å². The minimum Gasteiger partial charge on any atom is -0.392 e. The second-order valence-corrected chi connectivity index (χ2v) is 7.06. The van der Waals surface area contributed by atoms with E-state index in [1.165, 1.54) is 6.08 Å². The summed E-state index contributed by atoms with van der Waals surface area (Å²) < 4.78 is 0. The first-order chi connectivity index (χ1) is 10.4. The Morgan fingerprint density at radius 3 is 2.82 bits per heavy atom. The van der Waals surface area contributed by atoms with Crippen molar-refractivity contribution in [3.05, 3.63) is 52.0 Å². The van der Waals surface area contributed by atoms with Crippen LogP contribution in [0, 0.1) is 0 Å². The van der Waals surface area contributed by atoms with E-state index in [1.807, 2.05) is 0 Å². The first-order valence-corrected chi connectivity index (χ1v) is 7.85. The number of hydrogen-bond donors (Lipinski definition) is 2. The zero-order valence-electron chi connectivity index (χ0n) is 13.0. The van der Waals surface area contributed by atoms with Crippen molar-refractivity contribution in [3.63, 3.8) is 0 Å². The van der Waals surface area contributed by atoms with Crippen LogP contribution in [0.5, 0.6) is 0 Å². The number of nitrogens with one attached hydrogen (secondary N) is 1. The van der Waals surface area contributed by atoms with Gasteiger partial charge in [0.2, 0.25) is 5.91 Å². The maximum absolute atomic E-state index is 11.9. The molecule has 1 heterocycles. The van der Waals surface area contributed by atoms with Crippen molar-refractivity contribution < 1.29 is 9.90 Å². The van der Waals surface area contributed by atoms with Gasteiger partial charge in [-0.3, -0.25) is 4.79 Å². The maximum atomic E-state index is 11.9. The molecule has 2 rings (SSSR count). The molecule has 1 aromatic heterocycles. The molecule has 0 spiro atoms. The van der Waals surface area contributed by atoms with Crippen LogP contribution in [-0.4, -0.2) is 16.0 Å². The molecule has 5 heteroatoms. The normalized spacial score (nSPS) is 11.8. The van der Waals surface area contributed by atoms with Gasteiger partial charge in [-0.1, -0.05) is 32.9 Å². The van der Waals surface area contributed by atoms with Crippen LogP contribution in [0.4, 0.5) is 5.69 Å². The zero-order valence-corrected chi connectivity index (χ0v) is 13.8. The molecule has 0 radical (unpaired) electrons. The largest absolute Gasteiger partial charge is 0.392 e. The number of anilines is 1. The molecule has 2 N–H and O–H groups in total. The van der Waals surface area contributed by atoms with Gasteiger partial charge in [-0.15, -0.1) is 11.3 Å². The molecule has 0 aliphatic rings. The summed E-state index contributed by atoms with van der Waals surface area (Å²) in [5.41, 5.74) is 1.45. The van der Waals surface area contributed by atoms with E-state index >= 15 is 0 Å². The van der Waals surface area contributed by atoms with Crippen molar-refractivity contribution in [2.75, 3.05) is 5.32 Å². The van der Waals surface area contributed by atoms with Gasteiger partial charge in [0.25, 0.3) is 0 Å². The Morgan fingerprint density at radius 2 is 2.18 bits per heavy atom. The molecule has 0 aliphatic heterocycles. The fourth-order valence-corrected chi connectivity index (χ4v) is 2.68. The number of hydrogen-bond acceptors (Lipinski definition) is 4. The lowest BCUT2D eigenvalue weighted by atomic mass is 9.98. The average molecular weight is 316 g/mol. The standard InChI is InChI=1S/C17H20N2O2S/c1-17(2,3)16-18-10-14(22-16)7-8-15(21)19-13-6-4-5-12(9-13)11-20/h4-10,20H,11H2,1-3H3,(H,19,21)/b8-7+. The molecular formula is C17H20N2O2S. The number of aliphatic hydroxyl groups excluding tert-OH is 1. The third kappa shape index (κ3) is 4.51. The van der Waals surface area contributed by atoms with Crippen molar-refractivity contribution in [3.8, 4) is 0 Å². The van der Waals surface area contributed by atoms with E-state index in [9.17, 15) is 4.79 Å². The van der Waals surface area contributed by atoms with E-state index in [1.54, 1.807) is 47.9 Å². The fraction of sp³-hybridized carbons (Fsp3) is 0.294. The highest BCUT2D eigenvalue weighted by Gasteiger charge is 2.17. The fourth-order valence-electron chi connectivity index (χ4n) is 1.80. The van der Waals surface area contributed by atoms with Crippen molar-refractivity contribution >= 4 is 29.0 Å². The molecule has 1 amide bonds. The second-order valence-electron chi connectivity index (χ2n) is 6.00. The number of nitrogens with zero attached hydrogens (tertiary/aromatic N) is 1. The zero-order chi connectivity index (χ0) is 16.2. The van der Waals surface area contributed by atoms with E-state index in [0.29, 0.717) is 5.69 Å². The van der Waals surface area contributed by atoms with Gasteiger partial charge < -0.3 is 10.4 Å². The minimum absolute atomic E-state index is 0.0176. The Balaban J connectivity index is 2.00. The van der Waals surface area contributed by atoms with E-state index in [2.05, 4.69) is 31.1 Å². The maximum Gasteiger partial charge on any atom is 0.248 e. The molecule has 0 saturated heterocycles. The SMILES string of the molecule is CC(C)(C)c1ncc(/C=C/C(=O)Nc2cccc(CO)c2)s1. The molecule has 0 unspecified atom stereocenters. The van der Waals surface area contributed by atoms with E-state index in [-0.39, 0.29) is 17.9 Å². The van der Waals surface area contributed by atoms with E-state index in [4.69, 9.17) is 5.11 Å². The highest BCUT2D eigenvalue weighted by molar-refractivity contribution is 7.12. The van der Waals surface area contributed by atoms with Crippen LogP contribution in [-0.2, 0) is 16.8 Å². The highest BCUT2D eigenvalue weighted by Crippen LogP contribution is 2.27. The Hall–Kier alpha value is -1.98. The number of thiazole rings is 1. The van der Waals surface area contributed by atoms with Crippen molar-refractivity contribution in [2.24, 2.45) is 0 Å². The van der Waals surface area contributed by atoms with Crippen molar-refractivity contribution in [2.45, 2.75) is 32.8 Å². The molecule has 0 bridgehead atoms. The Labute approximate surface area is 134 Å². The van der Waals surface area contributed by atoms with Crippen LogP contribution in [0.2, 0.25) is 0 Å². The second kappa shape index (κ2) is 6.85. The van der Waals surface area contributed by atoms with Gasteiger partial charge in [-0.05, 0) is 23.8 Å². The highest BCUT2D eigenvalue weighted by atomic mass is 32.1. The molecule has 0 saturated carbocycles. The van der Waals surface area contributed by atoms with Crippen molar-refractivity contribution in [1.82, 2.24) is 4.98 Å². The number of benzene rings is 1. The quantitative estimate of drug-likeness (QED) is 0.847. The molecule has 0 fully saturated rings. The summed E-state index contributed by atoms with van der Waals surface area (Å²) in [7, 11) is 0. The number of aromatic nitrogens is 1. The monoisotopic (exact) mass is 316 g/mol. The predicted octanol–water partition coefficient (Wildman–Crippen LogP) is 3.58. The summed E-state index contributed by atoms with van der Waals surface area (Å²) in [6, 6.07) is 7.13. The van der Waals surface area contributed by atoms with E-state index in [0.717, 1.165) is 15.4 Å². The van der Waals surface area contributed by atoms with Gasteiger partial charge in [-0.25, -0.2) is 4.98 Å². The van der Waals surface area contributed by atoms with Gasteiger partial charge in [0, 0.05) is 28.3 Å². The lowest BCUT2D eigenvalue weighted by Crippen LogP contribution is -2.09. The minimum atomic E-state index is -0.208. The smallest absolute Gasteiger partial charge is 0.248 e. The first-order valence-electron chi connectivity index (χ1n) is 7.03. The molecule has 1 aromatic carbocycles. The summed E-state index contributed by atoms with van der Waals surface area (Å²) >= 11 is 1.58. The lowest BCUT2D eigenvalue weighted by molar-refractivity contribution is -0.111. The Morgan fingerprint density at radius 1 is 1.41 bits per heavy atom.